The van der Waals surface area contributed by atoms with Crippen LogP contribution in [-0.4, -0.2) is 15.2 Å². The predicted octanol–water partition coefficient (Wildman–Crippen LogP) is 3.29. The van der Waals surface area contributed by atoms with Gasteiger partial charge in [-0.15, -0.1) is 11.8 Å². The van der Waals surface area contributed by atoms with Crippen LogP contribution in [0.4, 0.5) is 0 Å². The molecule has 0 saturated carbocycles. The fourth-order valence-corrected chi connectivity index (χ4v) is 3.46. The summed E-state index contributed by atoms with van der Waals surface area (Å²) in [6.45, 7) is 2.02. The van der Waals surface area contributed by atoms with Gasteiger partial charge in [0.05, 0.1) is 5.25 Å². The van der Waals surface area contributed by atoms with E-state index >= 15 is 0 Å². The van der Waals surface area contributed by atoms with Crippen molar-refractivity contribution < 1.29 is 9.63 Å². The summed E-state index contributed by atoms with van der Waals surface area (Å²) in [5, 5.41) is 13.9. The molecule has 1 N–H and O–H groups in total. The van der Waals surface area contributed by atoms with Crippen LogP contribution in [0.15, 0.2) is 33.7 Å². The van der Waals surface area contributed by atoms with Gasteiger partial charge in [0.25, 0.3) is 0 Å². The van der Waals surface area contributed by atoms with E-state index in [0.29, 0.717) is 18.1 Å². The maximum atomic E-state index is 9.86. The third-order valence-electron chi connectivity index (χ3n) is 3.24. The molecule has 1 aromatic heterocycles. The first-order valence-electron chi connectivity index (χ1n) is 6.54. The molecule has 1 aromatic carbocycles. The van der Waals surface area contributed by atoms with Crippen LogP contribution in [0.5, 0.6) is 0 Å². The van der Waals surface area contributed by atoms with Gasteiger partial charge in [-0.3, -0.25) is 0 Å². The van der Waals surface area contributed by atoms with Gasteiger partial charge >= 0.3 is 0 Å². The van der Waals surface area contributed by atoms with Gasteiger partial charge in [0, 0.05) is 4.90 Å². The Hall–Kier alpha value is -1.33. The Bertz CT molecular complexity index is 545. The smallest absolute Gasteiger partial charge is 0.240 e. The molecule has 19 heavy (non-hydrogen) atoms. The highest BCUT2D eigenvalue weighted by molar-refractivity contribution is 7.99. The van der Waals surface area contributed by atoms with E-state index in [2.05, 4.69) is 22.3 Å². The lowest BCUT2D eigenvalue weighted by molar-refractivity contribution is 0.152. The first kappa shape index (κ1) is 12.7. The Balaban J connectivity index is 1.75. The van der Waals surface area contributed by atoms with Gasteiger partial charge in [0.2, 0.25) is 5.89 Å². The van der Waals surface area contributed by atoms with Gasteiger partial charge in [-0.25, -0.2) is 0 Å². The first-order chi connectivity index (χ1) is 9.28. The molecule has 1 aliphatic heterocycles. The van der Waals surface area contributed by atoms with E-state index in [1.807, 2.05) is 19.1 Å². The van der Waals surface area contributed by atoms with Crippen molar-refractivity contribution in [2.24, 2.45) is 0 Å². The Labute approximate surface area is 116 Å². The third kappa shape index (κ3) is 2.53. The Kier molecular flexibility index (Phi) is 3.57. The number of aliphatic hydroxyl groups is 1. The molecule has 0 radical (unpaired) electrons. The van der Waals surface area contributed by atoms with Gasteiger partial charge in [-0.1, -0.05) is 36.7 Å². The van der Waals surface area contributed by atoms with E-state index in [1.165, 1.54) is 10.5 Å². The Morgan fingerprint density at radius 3 is 3.11 bits per heavy atom. The molecule has 0 amide bonds. The number of hydrogen-bond donors (Lipinski definition) is 1. The van der Waals surface area contributed by atoms with E-state index in [1.54, 1.807) is 11.8 Å². The zero-order valence-electron chi connectivity index (χ0n) is 10.7. The molecule has 0 spiro atoms. The van der Waals surface area contributed by atoms with Crippen LogP contribution >= 0.6 is 11.8 Å². The van der Waals surface area contributed by atoms with Crippen LogP contribution in [0.1, 0.15) is 48.4 Å². The summed E-state index contributed by atoms with van der Waals surface area (Å²) in [6.07, 6.45) is 1.86. The second-order valence-electron chi connectivity index (χ2n) is 4.71. The van der Waals surface area contributed by atoms with Crippen LogP contribution < -0.4 is 0 Å². The molecule has 4 nitrogen and oxygen atoms in total. The molecule has 0 aliphatic carbocycles. The van der Waals surface area contributed by atoms with Crippen molar-refractivity contribution in [3.05, 3.63) is 41.5 Å². The summed E-state index contributed by atoms with van der Waals surface area (Å²) in [5.41, 5.74) is 1.33. The van der Waals surface area contributed by atoms with Crippen molar-refractivity contribution in [1.29, 1.82) is 0 Å². The fraction of sp³-hybridized carbons (Fsp3) is 0.429. The molecule has 2 aromatic rings. The molecule has 1 aliphatic rings. The number of fused-ring (bicyclic) bond motifs is 1. The molecule has 3 rings (SSSR count). The van der Waals surface area contributed by atoms with Gasteiger partial charge in [0.15, 0.2) is 5.82 Å². The minimum absolute atomic E-state index is 0.174. The van der Waals surface area contributed by atoms with Crippen molar-refractivity contribution in [3.63, 3.8) is 0 Å². The molecule has 2 unspecified atom stereocenters. The fourth-order valence-electron chi connectivity index (χ4n) is 2.24. The van der Waals surface area contributed by atoms with E-state index in [-0.39, 0.29) is 5.25 Å². The standard InChI is InChI=1S/C14H16N2O2S/c1-2-5-10(17)13-15-14(18-16-13)12-8-9-6-3-4-7-11(9)19-12/h3-4,6-7,10,12,17H,2,5,8H2,1H3. The van der Waals surface area contributed by atoms with Crippen LogP contribution in [-0.2, 0) is 6.42 Å². The van der Waals surface area contributed by atoms with Gasteiger partial charge in [-0.2, -0.15) is 4.98 Å². The highest BCUT2D eigenvalue weighted by atomic mass is 32.2. The molecule has 2 atom stereocenters. The van der Waals surface area contributed by atoms with E-state index in [0.717, 1.165) is 12.8 Å². The number of rotatable bonds is 4. The van der Waals surface area contributed by atoms with E-state index in [9.17, 15) is 5.11 Å². The normalized spacial score (nSPS) is 19.4. The second-order valence-corrected chi connectivity index (χ2v) is 5.96. The minimum atomic E-state index is -0.615. The molecule has 0 fully saturated rings. The van der Waals surface area contributed by atoms with Crippen LogP contribution in [0.25, 0.3) is 0 Å². The molecule has 0 bridgehead atoms. The van der Waals surface area contributed by atoms with Crippen LogP contribution in [0.3, 0.4) is 0 Å². The average molecular weight is 276 g/mol. The largest absolute Gasteiger partial charge is 0.385 e. The van der Waals surface area contributed by atoms with Crippen molar-refractivity contribution in [2.45, 2.75) is 42.4 Å². The van der Waals surface area contributed by atoms with Gasteiger partial charge < -0.3 is 9.63 Å². The first-order valence-corrected chi connectivity index (χ1v) is 7.42. The zero-order valence-corrected chi connectivity index (χ0v) is 11.6. The number of hydrogen-bond acceptors (Lipinski definition) is 5. The van der Waals surface area contributed by atoms with Gasteiger partial charge in [-0.05, 0) is 24.5 Å². The highest BCUT2D eigenvalue weighted by Gasteiger charge is 2.28. The monoisotopic (exact) mass is 276 g/mol. The number of nitrogens with zero attached hydrogens (tertiary/aromatic N) is 2. The number of thioether (sulfide) groups is 1. The van der Waals surface area contributed by atoms with E-state index in [4.69, 9.17) is 4.52 Å². The summed E-state index contributed by atoms with van der Waals surface area (Å²) in [5.74, 6) is 1.03. The van der Waals surface area contributed by atoms with Gasteiger partial charge in [0.1, 0.15) is 6.10 Å². The topological polar surface area (TPSA) is 59.2 Å². The lowest BCUT2D eigenvalue weighted by atomic mass is 10.1. The number of aliphatic hydroxyl groups excluding tert-OH is 1. The molecule has 5 heteroatoms. The van der Waals surface area contributed by atoms with Crippen molar-refractivity contribution in [1.82, 2.24) is 10.1 Å². The molecule has 2 heterocycles. The molecule has 100 valence electrons. The van der Waals surface area contributed by atoms with Crippen LogP contribution in [0, 0.1) is 0 Å². The average Bonchev–Trinajstić information content (AvgIpc) is 3.05. The van der Waals surface area contributed by atoms with Crippen LogP contribution in [0.2, 0.25) is 0 Å². The SMILES string of the molecule is CCCC(O)c1noc(C2Cc3ccccc3S2)n1. The predicted molar refractivity (Wildman–Crippen MR) is 72.9 cm³/mol. The number of benzene rings is 1. The van der Waals surface area contributed by atoms with Crippen molar-refractivity contribution >= 4 is 11.8 Å². The third-order valence-corrected chi connectivity index (χ3v) is 4.55. The summed E-state index contributed by atoms with van der Waals surface area (Å²) in [6, 6.07) is 8.33. The van der Waals surface area contributed by atoms with Crippen molar-refractivity contribution in [3.8, 4) is 0 Å². The summed E-state index contributed by atoms with van der Waals surface area (Å²) < 4.78 is 5.31. The lowest BCUT2D eigenvalue weighted by Gasteiger charge is -2.02. The molecular formula is C14H16N2O2S. The summed E-state index contributed by atoms with van der Waals surface area (Å²) in [7, 11) is 0. The number of aromatic nitrogens is 2. The maximum absolute atomic E-state index is 9.86. The summed E-state index contributed by atoms with van der Waals surface area (Å²) >= 11 is 1.75. The zero-order chi connectivity index (χ0) is 13.2. The Morgan fingerprint density at radius 2 is 2.32 bits per heavy atom. The Morgan fingerprint density at radius 1 is 1.47 bits per heavy atom. The second kappa shape index (κ2) is 5.35. The summed E-state index contributed by atoms with van der Waals surface area (Å²) in [4.78, 5) is 5.62. The quantitative estimate of drug-likeness (QED) is 0.928. The minimum Gasteiger partial charge on any atom is -0.385 e. The van der Waals surface area contributed by atoms with Crippen molar-refractivity contribution in [2.75, 3.05) is 0 Å². The lowest BCUT2D eigenvalue weighted by Crippen LogP contribution is -2.00. The maximum Gasteiger partial charge on any atom is 0.240 e. The van der Waals surface area contributed by atoms with E-state index < -0.39 is 6.10 Å². The molecular weight excluding hydrogens is 260 g/mol. The highest BCUT2D eigenvalue weighted by Crippen LogP contribution is 2.45. The molecule has 0 saturated heterocycles.